The van der Waals surface area contributed by atoms with Crippen LogP contribution >= 0.6 is 0 Å². The highest BCUT2D eigenvalue weighted by molar-refractivity contribution is 5.84. The molecule has 2 aliphatic rings. The van der Waals surface area contributed by atoms with E-state index in [2.05, 4.69) is 48.2 Å². The molecule has 0 bridgehead atoms. The van der Waals surface area contributed by atoms with Crippen molar-refractivity contribution in [3.63, 3.8) is 0 Å². The average Bonchev–Trinajstić information content (AvgIpc) is 2.87. The Bertz CT molecular complexity index is 569. The number of amides is 1. The van der Waals surface area contributed by atoms with Gasteiger partial charge in [0.05, 0.1) is 18.3 Å². The van der Waals surface area contributed by atoms with Crippen LogP contribution in [0.2, 0.25) is 0 Å². The second kappa shape index (κ2) is 5.56. The highest BCUT2D eigenvalue weighted by Gasteiger charge is 2.61. The van der Waals surface area contributed by atoms with E-state index in [1.165, 1.54) is 5.57 Å². The van der Waals surface area contributed by atoms with Crippen molar-refractivity contribution in [1.29, 1.82) is 0 Å². The lowest BCUT2D eigenvalue weighted by atomic mass is 10.0. The summed E-state index contributed by atoms with van der Waals surface area (Å²) in [4.78, 5) is 19.2. The summed E-state index contributed by atoms with van der Waals surface area (Å²) in [5.41, 5.74) is 1.42. The summed E-state index contributed by atoms with van der Waals surface area (Å²) < 4.78 is 2.14. The van der Waals surface area contributed by atoms with Gasteiger partial charge in [0.1, 0.15) is 0 Å². The number of rotatable bonds is 3. The van der Waals surface area contributed by atoms with E-state index in [1.807, 2.05) is 18.7 Å². The van der Waals surface area contributed by atoms with E-state index in [1.54, 1.807) is 0 Å². The van der Waals surface area contributed by atoms with Crippen LogP contribution in [0.25, 0.3) is 0 Å². The molecule has 1 aromatic heterocycles. The van der Waals surface area contributed by atoms with Crippen LogP contribution in [-0.4, -0.2) is 33.4 Å². The van der Waals surface area contributed by atoms with Crippen LogP contribution in [0.5, 0.6) is 0 Å². The maximum atomic E-state index is 13.0. The second-order valence-corrected chi connectivity index (χ2v) is 7.66. The molecule has 120 valence electrons. The monoisotopic (exact) mass is 301 g/mol. The third-order valence-corrected chi connectivity index (χ3v) is 5.34. The summed E-state index contributed by atoms with van der Waals surface area (Å²) >= 11 is 0. The number of imidazole rings is 1. The molecule has 0 aromatic carbocycles. The number of allylic oxidation sites excluding steroid dienone is 2. The SMILES string of the molecule is CC(C)=C[C@@H]1[C@@H](C(=O)N2CCC[C@@H](n3ccnc3)C2)C1(C)C. The van der Waals surface area contributed by atoms with E-state index in [0.29, 0.717) is 17.9 Å². The maximum absolute atomic E-state index is 13.0. The third kappa shape index (κ3) is 2.71. The Balaban J connectivity index is 1.69. The van der Waals surface area contributed by atoms with E-state index < -0.39 is 0 Å². The van der Waals surface area contributed by atoms with E-state index in [4.69, 9.17) is 0 Å². The first-order chi connectivity index (χ1) is 10.4. The van der Waals surface area contributed by atoms with Crippen LogP contribution in [0, 0.1) is 17.3 Å². The Morgan fingerprint density at radius 1 is 1.36 bits per heavy atom. The summed E-state index contributed by atoms with van der Waals surface area (Å²) in [6, 6.07) is 0.379. The quantitative estimate of drug-likeness (QED) is 0.804. The molecular weight excluding hydrogens is 274 g/mol. The van der Waals surface area contributed by atoms with Crippen molar-refractivity contribution >= 4 is 5.91 Å². The molecule has 0 radical (unpaired) electrons. The minimum Gasteiger partial charge on any atom is -0.340 e. The lowest BCUT2D eigenvalue weighted by molar-refractivity contribution is -0.135. The highest BCUT2D eigenvalue weighted by Crippen LogP contribution is 2.60. The van der Waals surface area contributed by atoms with Gasteiger partial charge in [-0.2, -0.15) is 0 Å². The fourth-order valence-corrected chi connectivity index (χ4v) is 3.90. The lowest BCUT2D eigenvalue weighted by Gasteiger charge is -2.33. The molecule has 3 rings (SSSR count). The van der Waals surface area contributed by atoms with Gasteiger partial charge in [-0.15, -0.1) is 0 Å². The largest absolute Gasteiger partial charge is 0.340 e. The molecule has 4 heteroatoms. The van der Waals surface area contributed by atoms with Crippen LogP contribution in [0.4, 0.5) is 0 Å². The molecule has 1 aliphatic heterocycles. The van der Waals surface area contributed by atoms with Crippen LogP contribution < -0.4 is 0 Å². The fourth-order valence-electron chi connectivity index (χ4n) is 3.90. The molecule has 1 saturated heterocycles. The Morgan fingerprint density at radius 2 is 2.14 bits per heavy atom. The number of likely N-dealkylation sites (tertiary alicyclic amines) is 1. The van der Waals surface area contributed by atoms with Crippen molar-refractivity contribution in [2.45, 2.75) is 46.6 Å². The Labute approximate surface area is 133 Å². The third-order valence-electron chi connectivity index (χ3n) is 5.34. The number of aromatic nitrogens is 2. The van der Waals surface area contributed by atoms with Gasteiger partial charge in [-0.25, -0.2) is 4.98 Å². The summed E-state index contributed by atoms with van der Waals surface area (Å²) in [7, 11) is 0. The minimum absolute atomic E-state index is 0.107. The van der Waals surface area contributed by atoms with Gasteiger partial charge < -0.3 is 9.47 Å². The number of piperidine rings is 1. The first kappa shape index (κ1) is 15.3. The van der Waals surface area contributed by atoms with Gasteiger partial charge in [0, 0.05) is 25.5 Å². The molecule has 1 aliphatic carbocycles. The van der Waals surface area contributed by atoms with Gasteiger partial charge >= 0.3 is 0 Å². The van der Waals surface area contributed by atoms with Crippen LogP contribution in [0.15, 0.2) is 30.4 Å². The standard InChI is InChI=1S/C18H27N3O/c1-13(2)10-15-16(18(15,3)4)17(22)20-8-5-6-14(11-20)21-9-7-19-12-21/h7,9-10,12,14-16H,5-6,8,11H2,1-4H3/t14-,15-,16+/m1/s1. The van der Waals surface area contributed by atoms with E-state index in [-0.39, 0.29) is 11.3 Å². The molecule has 0 spiro atoms. The molecule has 22 heavy (non-hydrogen) atoms. The van der Waals surface area contributed by atoms with Crippen molar-refractivity contribution < 1.29 is 4.79 Å². The van der Waals surface area contributed by atoms with Gasteiger partial charge in [0.15, 0.2) is 0 Å². The Kier molecular flexibility index (Phi) is 3.87. The van der Waals surface area contributed by atoms with Crippen LogP contribution in [0.3, 0.4) is 0 Å². The molecule has 1 amide bonds. The molecule has 2 fully saturated rings. The summed E-state index contributed by atoms with van der Waals surface area (Å²) in [5, 5.41) is 0. The Morgan fingerprint density at radius 3 is 2.77 bits per heavy atom. The summed E-state index contributed by atoms with van der Waals surface area (Å²) in [6.45, 7) is 10.4. The molecular formula is C18H27N3O. The molecule has 1 saturated carbocycles. The first-order valence-electron chi connectivity index (χ1n) is 8.32. The summed E-state index contributed by atoms with van der Waals surface area (Å²) in [6.07, 6.45) is 10.2. The predicted octanol–water partition coefficient (Wildman–Crippen LogP) is 3.29. The number of carbonyl (C=O) groups is 1. The molecule has 4 nitrogen and oxygen atoms in total. The van der Waals surface area contributed by atoms with Crippen LogP contribution in [0.1, 0.15) is 46.6 Å². The van der Waals surface area contributed by atoms with E-state index in [9.17, 15) is 4.79 Å². The van der Waals surface area contributed by atoms with Gasteiger partial charge in [-0.3, -0.25) is 4.79 Å². The molecule has 0 unspecified atom stereocenters. The number of carbonyl (C=O) groups excluding carboxylic acids is 1. The normalized spacial score (nSPS) is 30.0. The van der Waals surface area contributed by atoms with Crippen molar-refractivity contribution in [1.82, 2.24) is 14.5 Å². The topological polar surface area (TPSA) is 38.1 Å². The molecule has 2 heterocycles. The highest BCUT2D eigenvalue weighted by atomic mass is 16.2. The Hall–Kier alpha value is -1.58. The zero-order valence-electron chi connectivity index (χ0n) is 14.1. The van der Waals surface area contributed by atoms with Gasteiger partial charge in [0.25, 0.3) is 0 Å². The molecule has 3 atom stereocenters. The average molecular weight is 301 g/mol. The number of nitrogens with zero attached hydrogens (tertiary/aromatic N) is 3. The van der Waals surface area contributed by atoms with E-state index in [0.717, 1.165) is 25.9 Å². The van der Waals surface area contributed by atoms with Crippen molar-refractivity contribution in [3.8, 4) is 0 Å². The van der Waals surface area contributed by atoms with Gasteiger partial charge in [-0.05, 0) is 38.0 Å². The number of hydrogen-bond donors (Lipinski definition) is 0. The summed E-state index contributed by atoms with van der Waals surface area (Å²) in [5.74, 6) is 0.903. The zero-order chi connectivity index (χ0) is 15.9. The second-order valence-electron chi connectivity index (χ2n) is 7.66. The fraction of sp³-hybridized carbons (Fsp3) is 0.667. The van der Waals surface area contributed by atoms with Crippen molar-refractivity contribution in [2.75, 3.05) is 13.1 Å². The van der Waals surface area contributed by atoms with Gasteiger partial charge in [0.2, 0.25) is 5.91 Å². The minimum atomic E-state index is 0.107. The first-order valence-corrected chi connectivity index (χ1v) is 8.32. The number of hydrogen-bond acceptors (Lipinski definition) is 2. The van der Waals surface area contributed by atoms with Crippen molar-refractivity contribution in [2.24, 2.45) is 17.3 Å². The predicted molar refractivity (Wildman–Crippen MR) is 87.3 cm³/mol. The van der Waals surface area contributed by atoms with Crippen LogP contribution in [-0.2, 0) is 4.79 Å². The maximum Gasteiger partial charge on any atom is 0.226 e. The molecule has 1 aromatic rings. The smallest absolute Gasteiger partial charge is 0.226 e. The lowest BCUT2D eigenvalue weighted by Crippen LogP contribution is -2.42. The zero-order valence-corrected chi connectivity index (χ0v) is 14.1. The van der Waals surface area contributed by atoms with E-state index >= 15 is 0 Å². The van der Waals surface area contributed by atoms with Gasteiger partial charge in [-0.1, -0.05) is 25.5 Å². The molecule has 0 N–H and O–H groups in total. The van der Waals surface area contributed by atoms with Crippen molar-refractivity contribution in [3.05, 3.63) is 30.4 Å².